The smallest absolute Gasteiger partial charge is 0.404 e. The third-order valence-corrected chi connectivity index (χ3v) is 4.65. The number of benzene rings is 1. The number of halogens is 1. The number of fused-ring (bicyclic) bond motifs is 1. The maximum Gasteiger partial charge on any atom is 0.404 e. The summed E-state index contributed by atoms with van der Waals surface area (Å²) in [6.07, 6.45) is -0.353. The van der Waals surface area contributed by atoms with Crippen LogP contribution in [-0.2, 0) is 13.1 Å². The number of anilines is 2. The molecule has 138 valence electrons. The van der Waals surface area contributed by atoms with Crippen molar-refractivity contribution in [1.29, 1.82) is 0 Å². The van der Waals surface area contributed by atoms with Crippen LogP contribution in [-0.4, -0.2) is 37.1 Å². The van der Waals surface area contributed by atoms with Crippen LogP contribution in [0.3, 0.4) is 0 Å². The molecule has 0 atom stereocenters. The number of carboxylic acid groups (broad SMARTS) is 1. The predicted molar refractivity (Wildman–Crippen MR) is 104 cm³/mol. The van der Waals surface area contributed by atoms with Crippen LogP contribution in [0.15, 0.2) is 28.7 Å². The molecule has 1 amide bonds. The number of aromatic nitrogens is 4. The topological polar surface area (TPSA) is 97.0 Å². The van der Waals surface area contributed by atoms with E-state index in [1.54, 1.807) is 0 Å². The molecule has 0 bridgehead atoms. The number of imidazole rings is 1. The Morgan fingerprint density at radius 1 is 1.38 bits per heavy atom. The number of amides is 1. The van der Waals surface area contributed by atoms with Gasteiger partial charge in [-0.2, -0.15) is 5.10 Å². The van der Waals surface area contributed by atoms with E-state index in [0.29, 0.717) is 25.5 Å². The van der Waals surface area contributed by atoms with E-state index >= 15 is 0 Å². The quantitative estimate of drug-likeness (QED) is 0.506. The molecule has 26 heavy (non-hydrogen) atoms. The first-order valence-electron chi connectivity index (χ1n) is 8.42. The van der Waals surface area contributed by atoms with Gasteiger partial charge in [0.1, 0.15) is 11.3 Å². The minimum absolute atomic E-state index is 0.383. The zero-order chi connectivity index (χ0) is 18.7. The highest BCUT2D eigenvalue weighted by Crippen LogP contribution is 2.28. The van der Waals surface area contributed by atoms with Gasteiger partial charge in [-0.05, 0) is 48.3 Å². The van der Waals surface area contributed by atoms with Crippen molar-refractivity contribution >= 4 is 44.8 Å². The molecule has 0 saturated heterocycles. The summed E-state index contributed by atoms with van der Waals surface area (Å²) in [5.41, 5.74) is 2.78. The molecule has 0 aliphatic heterocycles. The summed E-state index contributed by atoms with van der Waals surface area (Å²) < 4.78 is 4.87. The molecule has 9 heteroatoms. The second-order valence-corrected chi connectivity index (χ2v) is 6.75. The number of hydrogen-bond donors (Lipinski definition) is 3. The Morgan fingerprint density at radius 2 is 2.19 bits per heavy atom. The molecule has 0 unspecified atom stereocenters. The summed E-state index contributed by atoms with van der Waals surface area (Å²) in [6.45, 7) is 5.76. The van der Waals surface area contributed by atoms with Gasteiger partial charge in [-0.15, -0.1) is 0 Å². The SMILES string of the molecule is CCn1nc(C)cc1Nc1nc2c(Br)cccc2n1CCCNC(=O)O. The minimum atomic E-state index is -1.01. The molecule has 2 heterocycles. The Balaban J connectivity index is 1.93. The van der Waals surface area contributed by atoms with Gasteiger partial charge in [0.15, 0.2) is 0 Å². The van der Waals surface area contributed by atoms with Crippen LogP contribution in [0.5, 0.6) is 0 Å². The van der Waals surface area contributed by atoms with Gasteiger partial charge in [0, 0.05) is 30.2 Å². The largest absolute Gasteiger partial charge is 0.465 e. The first kappa shape index (κ1) is 18.2. The molecular weight excluding hydrogens is 400 g/mol. The van der Waals surface area contributed by atoms with Crippen molar-refractivity contribution in [3.63, 3.8) is 0 Å². The standard InChI is InChI=1S/C17H21BrN6O2/c1-3-24-14(10-11(2)22-24)20-16-21-15-12(18)6-4-7-13(15)23(16)9-5-8-19-17(25)26/h4,6-7,10,19H,3,5,8-9H2,1-2H3,(H,20,21)(H,25,26). The summed E-state index contributed by atoms with van der Waals surface area (Å²) in [5.74, 6) is 1.58. The highest BCUT2D eigenvalue weighted by molar-refractivity contribution is 9.10. The van der Waals surface area contributed by atoms with Crippen LogP contribution in [0.4, 0.5) is 16.6 Å². The van der Waals surface area contributed by atoms with Crippen molar-refractivity contribution in [2.24, 2.45) is 0 Å². The van der Waals surface area contributed by atoms with Gasteiger partial charge in [0.2, 0.25) is 5.95 Å². The number of nitrogens with one attached hydrogen (secondary N) is 2. The molecule has 0 aliphatic carbocycles. The summed E-state index contributed by atoms with van der Waals surface area (Å²) in [5, 5.41) is 19.0. The first-order valence-corrected chi connectivity index (χ1v) is 9.22. The van der Waals surface area contributed by atoms with Crippen molar-refractivity contribution in [2.45, 2.75) is 33.4 Å². The minimum Gasteiger partial charge on any atom is -0.465 e. The molecule has 0 fully saturated rings. The Hall–Kier alpha value is -2.55. The van der Waals surface area contributed by atoms with Crippen LogP contribution in [0.2, 0.25) is 0 Å². The zero-order valence-corrected chi connectivity index (χ0v) is 16.2. The van der Waals surface area contributed by atoms with Crippen molar-refractivity contribution in [3.8, 4) is 0 Å². The number of aryl methyl sites for hydroxylation is 3. The summed E-state index contributed by atoms with van der Waals surface area (Å²) >= 11 is 3.55. The van der Waals surface area contributed by atoms with Crippen molar-refractivity contribution in [2.75, 3.05) is 11.9 Å². The summed E-state index contributed by atoms with van der Waals surface area (Å²) in [7, 11) is 0. The van der Waals surface area contributed by atoms with E-state index in [4.69, 9.17) is 10.1 Å². The molecule has 3 rings (SSSR count). The molecule has 3 aromatic rings. The van der Waals surface area contributed by atoms with E-state index in [1.807, 2.05) is 42.8 Å². The van der Waals surface area contributed by atoms with Gasteiger partial charge >= 0.3 is 6.09 Å². The lowest BCUT2D eigenvalue weighted by molar-refractivity contribution is 0.194. The maximum atomic E-state index is 10.6. The van der Waals surface area contributed by atoms with E-state index in [-0.39, 0.29) is 0 Å². The van der Waals surface area contributed by atoms with Crippen molar-refractivity contribution < 1.29 is 9.90 Å². The Labute approximate surface area is 159 Å². The van der Waals surface area contributed by atoms with Crippen LogP contribution in [0.25, 0.3) is 11.0 Å². The molecular formula is C17H21BrN6O2. The number of carbonyl (C=O) groups is 1. The van der Waals surface area contributed by atoms with Gasteiger partial charge in [0.25, 0.3) is 0 Å². The fourth-order valence-electron chi connectivity index (χ4n) is 2.87. The lowest BCUT2D eigenvalue weighted by Crippen LogP contribution is -2.23. The zero-order valence-electron chi connectivity index (χ0n) is 14.7. The molecule has 8 nitrogen and oxygen atoms in total. The molecule has 0 saturated carbocycles. The lowest BCUT2D eigenvalue weighted by Gasteiger charge is -2.11. The summed E-state index contributed by atoms with van der Waals surface area (Å²) in [4.78, 5) is 15.4. The van der Waals surface area contributed by atoms with E-state index < -0.39 is 6.09 Å². The van der Waals surface area contributed by atoms with Crippen molar-refractivity contribution in [1.82, 2.24) is 24.6 Å². The molecule has 3 N–H and O–H groups in total. The van der Waals surface area contributed by atoms with Gasteiger partial charge in [0.05, 0.1) is 11.2 Å². The van der Waals surface area contributed by atoms with Crippen LogP contribution in [0, 0.1) is 6.92 Å². The van der Waals surface area contributed by atoms with E-state index in [1.165, 1.54) is 0 Å². The van der Waals surface area contributed by atoms with Gasteiger partial charge in [-0.1, -0.05) is 6.07 Å². The second-order valence-electron chi connectivity index (χ2n) is 5.89. The van der Waals surface area contributed by atoms with E-state index in [9.17, 15) is 4.79 Å². The van der Waals surface area contributed by atoms with E-state index in [0.717, 1.165) is 33.6 Å². The third kappa shape index (κ3) is 3.82. The van der Waals surface area contributed by atoms with Crippen molar-refractivity contribution in [3.05, 3.63) is 34.4 Å². The van der Waals surface area contributed by atoms with E-state index in [2.05, 4.69) is 36.2 Å². The third-order valence-electron chi connectivity index (χ3n) is 4.01. The Morgan fingerprint density at radius 3 is 2.92 bits per heavy atom. The molecule has 2 aromatic heterocycles. The van der Waals surface area contributed by atoms with Gasteiger partial charge in [-0.3, -0.25) is 0 Å². The molecule has 0 spiro atoms. The molecule has 0 radical (unpaired) electrons. The maximum absolute atomic E-state index is 10.6. The first-order chi connectivity index (χ1) is 12.5. The number of rotatable bonds is 7. The molecule has 0 aliphatic rings. The predicted octanol–water partition coefficient (Wildman–Crippen LogP) is 3.72. The Kier molecular flexibility index (Phi) is 5.46. The number of hydrogen-bond acceptors (Lipinski definition) is 4. The average Bonchev–Trinajstić information content (AvgIpc) is 3.13. The highest BCUT2D eigenvalue weighted by atomic mass is 79.9. The number of para-hydroxylation sites is 1. The van der Waals surface area contributed by atoms with Gasteiger partial charge < -0.3 is 20.3 Å². The molecule has 1 aromatic carbocycles. The highest BCUT2D eigenvalue weighted by Gasteiger charge is 2.15. The van der Waals surface area contributed by atoms with Crippen LogP contribution in [0.1, 0.15) is 19.0 Å². The summed E-state index contributed by atoms with van der Waals surface area (Å²) in [6, 6.07) is 7.90. The van der Waals surface area contributed by atoms with Crippen LogP contribution < -0.4 is 10.6 Å². The lowest BCUT2D eigenvalue weighted by atomic mass is 10.3. The fraction of sp³-hybridized carbons (Fsp3) is 0.353. The normalized spacial score (nSPS) is 11.0. The monoisotopic (exact) mass is 420 g/mol. The fourth-order valence-corrected chi connectivity index (χ4v) is 3.31. The van der Waals surface area contributed by atoms with Crippen LogP contribution >= 0.6 is 15.9 Å². The second kappa shape index (κ2) is 7.77. The number of nitrogens with zero attached hydrogens (tertiary/aromatic N) is 4. The Bertz CT molecular complexity index is 933. The average molecular weight is 421 g/mol. The van der Waals surface area contributed by atoms with Gasteiger partial charge in [-0.25, -0.2) is 14.5 Å².